The molecule has 0 spiro atoms. The van der Waals surface area contributed by atoms with E-state index in [4.69, 9.17) is 4.74 Å². The highest BCUT2D eigenvalue weighted by molar-refractivity contribution is 5.94. The number of anilines is 1. The Morgan fingerprint density at radius 2 is 1.87 bits per heavy atom. The molecule has 0 heterocycles. The minimum atomic E-state index is -0.00620. The molecule has 1 fully saturated rings. The van der Waals surface area contributed by atoms with Crippen LogP contribution in [0.3, 0.4) is 0 Å². The van der Waals surface area contributed by atoms with E-state index in [1.165, 1.54) is 0 Å². The molecule has 2 rings (SSSR count). The van der Waals surface area contributed by atoms with Crippen LogP contribution in [0.25, 0.3) is 0 Å². The van der Waals surface area contributed by atoms with Crippen LogP contribution in [0, 0.1) is 5.92 Å². The van der Waals surface area contributed by atoms with Crippen molar-refractivity contribution >= 4 is 17.5 Å². The smallest absolute Gasteiger partial charge is 0.227 e. The number of carbonyl (C=O) groups is 2. The maximum absolute atomic E-state index is 11.8. The second kappa shape index (κ2) is 9.27. The Kier molecular flexibility index (Phi) is 7.03. The van der Waals surface area contributed by atoms with Gasteiger partial charge in [-0.1, -0.05) is 12.1 Å². The molecule has 1 aromatic rings. The van der Waals surface area contributed by atoms with Crippen LogP contribution < -0.4 is 16.0 Å². The highest BCUT2D eigenvalue weighted by atomic mass is 16.5. The standard InChI is InChI=1S/C17H25N3O3/c1-23-11-10-18-8-9-19-16(21)12-13-2-6-15(7-3-13)20-17(22)14-4-5-14/h2-3,6-7,14,18H,4-5,8-12H2,1H3,(H,19,21)(H,20,22). The van der Waals surface area contributed by atoms with E-state index >= 15 is 0 Å². The third-order valence-electron chi connectivity index (χ3n) is 3.64. The highest BCUT2D eigenvalue weighted by Gasteiger charge is 2.29. The van der Waals surface area contributed by atoms with E-state index in [1.807, 2.05) is 24.3 Å². The molecule has 23 heavy (non-hydrogen) atoms. The van der Waals surface area contributed by atoms with E-state index in [2.05, 4.69) is 16.0 Å². The largest absolute Gasteiger partial charge is 0.383 e. The quantitative estimate of drug-likeness (QED) is 0.561. The summed E-state index contributed by atoms with van der Waals surface area (Å²) in [6.07, 6.45) is 2.32. The summed E-state index contributed by atoms with van der Waals surface area (Å²) in [5, 5.41) is 8.92. The second-order valence-electron chi connectivity index (χ2n) is 5.73. The average Bonchev–Trinajstić information content (AvgIpc) is 3.37. The van der Waals surface area contributed by atoms with Gasteiger partial charge < -0.3 is 20.7 Å². The lowest BCUT2D eigenvalue weighted by Gasteiger charge is -2.08. The maximum Gasteiger partial charge on any atom is 0.227 e. The van der Waals surface area contributed by atoms with Gasteiger partial charge in [-0.15, -0.1) is 0 Å². The van der Waals surface area contributed by atoms with Gasteiger partial charge in [0.2, 0.25) is 11.8 Å². The second-order valence-corrected chi connectivity index (χ2v) is 5.73. The summed E-state index contributed by atoms with van der Waals surface area (Å²) in [6.45, 7) is 2.76. The van der Waals surface area contributed by atoms with E-state index in [1.54, 1.807) is 7.11 Å². The van der Waals surface area contributed by atoms with Crippen molar-refractivity contribution in [2.75, 3.05) is 38.7 Å². The minimum Gasteiger partial charge on any atom is -0.383 e. The summed E-state index contributed by atoms with van der Waals surface area (Å²) >= 11 is 0. The topological polar surface area (TPSA) is 79.5 Å². The summed E-state index contributed by atoms with van der Waals surface area (Å²) < 4.78 is 4.92. The maximum atomic E-state index is 11.8. The molecule has 0 unspecified atom stereocenters. The molecule has 0 atom stereocenters. The summed E-state index contributed by atoms with van der Waals surface area (Å²) in [5.74, 6) is 0.280. The van der Waals surface area contributed by atoms with Gasteiger partial charge >= 0.3 is 0 Å². The lowest BCUT2D eigenvalue weighted by atomic mass is 10.1. The number of amides is 2. The number of nitrogens with one attached hydrogen (secondary N) is 3. The molecular formula is C17H25N3O3. The lowest BCUT2D eigenvalue weighted by molar-refractivity contribution is -0.120. The van der Waals surface area contributed by atoms with Gasteiger partial charge in [0.1, 0.15) is 0 Å². The molecule has 0 radical (unpaired) electrons. The molecule has 3 N–H and O–H groups in total. The van der Waals surface area contributed by atoms with Crippen molar-refractivity contribution < 1.29 is 14.3 Å². The Bertz CT molecular complexity index is 512. The molecular weight excluding hydrogens is 294 g/mol. The van der Waals surface area contributed by atoms with Crippen LogP contribution in [0.5, 0.6) is 0 Å². The number of rotatable bonds is 10. The zero-order valence-corrected chi connectivity index (χ0v) is 13.6. The monoisotopic (exact) mass is 319 g/mol. The van der Waals surface area contributed by atoms with Gasteiger partial charge in [0.15, 0.2) is 0 Å². The Morgan fingerprint density at radius 1 is 1.13 bits per heavy atom. The first-order valence-electron chi connectivity index (χ1n) is 8.05. The third-order valence-corrected chi connectivity index (χ3v) is 3.64. The number of hydrogen-bond acceptors (Lipinski definition) is 4. The fourth-order valence-corrected chi connectivity index (χ4v) is 2.13. The van der Waals surface area contributed by atoms with Crippen molar-refractivity contribution in [1.82, 2.24) is 10.6 Å². The van der Waals surface area contributed by atoms with Crippen LogP contribution in [0.1, 0.15) is 18.4 Å². The van der Waals surface area contributed by atoms with Crippen molar-refractivity contribution in [3.8, 4) is 0 Å². The number of carbonyl (C=O) groups excluding carboxylic acids is 2. The minimum absolute atomic E-state index is 0.00620. The number of methoxy groups -OCH3 is 1. The zero-order valence-electron chi connectivity index (χ0n) is 13.6. The van der Waals surface area contributed by atoms with E-state index in [-0.39, 0.29) is 17.7 Å². The molecule has 1 saturated carbocycles. The van der Waals surface area contributed by atoms with Crippen LogP contribution in [0.15, 0.2) is 24.3 Å². The normalized spacial score (nSPS) is 13.6. The number of hydrogen-bond donors (Lipinski definition) is 3. The fraction of sp³-hybridized carbons (Fsp3) is 0.529. The molecule has 0 bridgehead atoms. The summed E-state index contributed by atoms with van der Waals surface area (Å²) in [6, 6.07) is 7.43. The lowest BCUT2D eigenvalue weighted by Crippen LogP contribution is -2.33. The first kappa shape index (κ1) is 17.4. The predicted octanol–water partition coefficient (Wildman–Crippen LogP) is 0.930. The zero-order chi connectivity index (χ0) is 16.5. The Labute approximate surface area is 137 Å². The van der Waals surface area contributed by atoms with Crippen molar-refractivity contribution in [2.45, 2.75) is 19.3 Å². The Balaban J connectivity index is 1.64. The van der Waals surface area contributed by atoms with Crippen molar-refractivity contribution in [3.05, 3.63) is 29.8 Å². The van der Waals surface area contributed by atoms with Crippen LogP contribution in [-0.2, 0) is 20.7 Å². The Hall–Kier alpha value is -1.92. The molecule has 6 heteroatoms. The summed E-state index contributed by atoms with van der Waals surface area (Å²) in [7, 11) is 1.66. The van der Waals surface area contributed by atoms with E-state index in [9.17, 15) is 9.59 Å². The summed E-state index contributed by atoms with van der Waals surface area (Å²) in [5.41, 5.74) is 1.72. The molecule has 2 amide bonds. The van der Waals surface area contributed by atoms with Gasteiger partial charge in [-0.2, -0.15) is 0 Å². The van der Waals surface area contributed by atoms with E-state index < -0.39 is 0 Å². The summed E-state index contributed by atoms with van der Waals surface area (Å²) in [4.78, 5) is 23.5. The molecule has 0 aromatic heterocycles. The third kappa shape index (κ3) is 6.80. The van der Waals surface area contributed by atoms with Gasteiger partial charge in [-0.25, -0.2) is 0 Å². The fourth-order valence-electron chi connectivity index (χ4n) is 2.13. The molecule has 0 aliphatic heterocycles. The van der Waals surface area contributed by atoms with Gasteiger partial charge in [0, 0.05) is 38.3 Å². The predicted molar refractivity (Wildman–Crippen MR) is 89.3 cm³/mol. The molecule has 1 aliphatic carbocycles. The van der Waals surface area contributed by atoms with Crippen molar-refractivity contribution in [1.29, 1.82) is 0 Å². The Morgan fingerprint density at radius 3 is 2.52 bits per heavy atom. The van der Waals surface area contributed by atoms with Crippen LogP contribution in [0.4, 0.5) is 5.69 Å². The number of ether oxygens (including phenoxy) is 1. The molecule has 126 valence electrons. The average molecular weight is 319 g/mol. The molecule has 6 nitrogen and oxygen atoms in total. The molecule has 1 aliphatic rings. The SMILES string of the molecule is COCCNCCNC(=O)Cc1ccc(NC(=O)C2CC2)cc1. The molecule has 1 aromatic carbocycles. The highest BCUT2D eigenvalue weighted by Crippen LogP contribution is 2.30. The first-order valence-corrected chi connectivity index (χ1v) is 8.05. The molecule has 0 saturated heterocycles. The first-order chi connectivity index (χ1) is 11.2. The van der Waals surface area contributed by atoms with Gasteiger partial charge in [-0.05, 0) is 30.5 Å². The van der Waals surface area contributed by atoms with Gasteiger partial charge in [0.05, 0.1) is 13.0 Å². The number of benzene rings is 1. The van der Waals surface area contributed by atoms with Crippen molar-refractivity contribution in [3.63, 3.8) is 0 Å². The van der Waals surface area contributed by atoms with Gasteiger partial charge in [-0.3, -0.25) is 9.59 Å². The van der Waals surface area contributed by atoms with E-state index in [0.29, 0.717) is 19.6 Å². The van der Waals surface area contributed by atoms with Crippen LogP contribution >= 0.6 is 0 Å². The van der Waals surface area contributed by atoms with Gasteiger partial charge in [0.25, 0.3) is 0 Å². The van der Waals surface area contributed by atoms with E-state index in [0.717, 1.165) is 37.2 Å². The van der Waals surface area contributed by atoms with Crippen LogP contribution in [0.2, 0.25) is 0 Å². The van der Waals surface area contributed by atoms with Crippen molar-refractivity contribution in [2.24, 2.45) is 5.92 Å². The van der Waals surface area contributed by atoms with Crippen LogP contribution in [-0.4, -0.2) is 45.2 Å².